The summed E-state index contributed by atoms with van der Waals surface area (Å²) in [5.74, 6) is -0.298. The number of benzene rings is 2. The van der Waals surface area contributed by atoms with Crippen LogP contribution in [0.5, 0.6) is 0 Å². The molecule has 0 radical (unpaired) electrons. The number of hydrazone groups is 1. The van der Waals surface area contributed by atoms with Crippen LogP contribution in [0.1, 0.15) is 5.56 Å². The Hall–Kier alpha value is -1.27. The van der Waals surface area contributed by atoms with E-state index in [1.165, 1.54) is 6.21 Å². The van der Waals surface area contributed by atoms with Gasteiger partial charge in [0.15, 0.2) is 0 Å². The van der Waals surface area contributed by atoms with Gasteiger partial charge in [-0.2, -0.15) is 5.10 Å². The lowest BCUT2D eigenvalue weighted by Crippen LogP contribution is -2.26. The average Bonchev–Trinajstić information content (AvgIpc) is 2.48. The molecule has 2 aromatic carbocycles. The molecular formula is C15H11BrCl3N3O. The minimum absolute atomic E-state index is 0.0614. The Bertz CT molecular complexity index is 753. The molecule has 0 heterocycles. The maximum atomic E-state index is 11.7. The molecule has 0 fully saturated rings. The summed E-state index contributed by atoms with van der Waals surface area (Å²) in [5.41, 5.74) is 3.82. The number of anilines is 1. The van der Waals surface area contributed by atoms with Gasteiger partial charge in [-0.3, -0.25) is 4.79 Å². The van der Waals surface area contributed by atoms with Gasteiger partial charge in [-0.05, 0) is 46.3 Å². The van der Waals surface area contributed by atoms with Crippen LogP contribution in [0.2, 0.25) is 15.1 Å². The fourth-order valence-electron chi connectivity index (χ4n) is 1.63. The number of hydrogen-bond acceptors (Lipinski definition) is 3. The van der Waals surface area contributed by atoms with Crippen LogP contribution in [0.15, 0.2) is 46.0 Å². The predicted octanol–water partition coefficient (Wildman–Crippen LogP) is 4.97. The molecule has 2 aromatic rings. The van der Waals surface area contributed by atoms with Gasteiger partial charge in [0, 0.05) is 25.8 Å². The molecule has 0 aliphatic carbocycles. The summed E-state index contributed by atoms with van der Waals surface area (Å²) in [6.45, 7) is 0.0614. The number of carbonyl (C=O) groups excluding carboxylic acids is 1. The standard InChI is InChI=1S/C15H11BrCl3N3O/c16-12-5-10(17)3-4-14(12)20-8-15(23)22-21-7-9-1-2-11(18)6-13(9)19/h1-7,20H,8H2,(H,22,23)/b21-7+. The van der Waals surface area contributed by atoms with Crippen molar-refractivity contribution >= 4 is 68.5 Å². The summed E-state index contributed by atoms with van der Waals surface area (Å²) in [6.07, 6.45) is 1.45. The second kappa shape index (κ2) is 8.55. The monoisotopic (exact) mass is 433 g/mol. The van der Waals surface area contributed by atoms with Gasteiger partial charge in [0.1, 0.15) is 0 Å². The third-order valence-corrected chi connectivity index (χ3v) is 4.18. The SMILES string of the molecule is O=C(CNc1ccc(Cl)cc1Br)N/N=C/c1ccc(Cl)cc1Cl. The van der Waals surface area contributed by atoms with Crippen LogP contribution in [0.3, 0.4) is 0 Å². The number of nitrogens with zero attached hydrogens (tertiary/aromatic N) is 1. The van der Waals surface area contributed by atoms with Crippen LogP contribution in [0, 0.1) is 0 Å². The molecule has 2 N–H and O–H groups in total. The van der Waals surface area contributed by atoms with E-state index in [0.717, 1.165) is 10.2 Å². The number of amides is 1. The molecule has 0 unspecified atom stereocenters. The van der Waals surface area contributed by atoms with Crippen LogP contribution in [0.25, 0.3) is 0 Å². The first-order chi connectivity index (χ1) is 11.0. The molecule has 2 rings (SSSR count). The van der Waals surface area contributed by atoms with Gasteiger partial charge in [0.05, 0.1) is 17.8 Å². The molecule has 23 heavy (non-hydrogen) atoms. The third-order valence-electron chi connectivity index (χ3n) is 2.73. The first-order valence-corrected chi connectivity index (χ1v) is 8.34. The van der Waals surface area contributed by atoms with E-state index in [1.807, 2.05) is 0 Å². The molecular weight excluding hydrogens is 424 g/mol. The Morgan fingerprint density at radius 1 is 1.13 bits per heavy atom. The lowest BCUT2D eigenvalue weighted by molar-refractivity contribution is -0.119. The Kier molecular flexibility index (Phi) is 6.72. The van der Waals surface area contributed by atoms with E-state index in [2.05, 4.69) is 31.8 Å². The number of rotatable bonds is 5. The fraction of sp³-hybridized carbons (Fsp3) is 0.0667. The second-order valence-electron chi connectivity index (χ2n) is 4.44. The van der Waals surface area contributed by atoms with E-state index in [-0.39, 0.29) is 12.5 Å². The first kappa shape index (κ1) is 18.1. The van der Waals surface area contributed by atoms with Crippen molar-refractivity contribution in [1.29, 1.82) is 0 Å². The van der Waals surface area contributed by atoms with Crippen molar-refractivity contribution in [3.63, 3.8) is 0 Å². The van der Waals surface area contributed by atoms with E-state index >= 15 is 0 Å². The molecule has 8 heteroatoms. The second-order valence-corrected chi connectivity index (χ2v) is 6.57. The van der Waals surface area contributed by atoms with Crippen LogP contribution >= 0.6 is 50.7 Å². The zero-order chi connectivity index (χ0) is 16.8. The van der Waals surface area contributed by atoms with E-state index in [9.17, 15) is 4.79 Å². The molecule has 0 bridgehead atoms. The highest BCUT2D eigenvalue weighted by molar-refractivity contribution is 9.10. The van der Waals surface area contributed by atoms with Gasteiger partial charge in [0.25, 0.3) is 5.91 Å². The van der Waals surface area contributed by atoms with Gasteiger partial charge in [0.2, 0.25) is 0 Å². The van der Waals surface area contributed by atoms with Gasteiger partial charge in [-0.25, -0.2) is 5.43 Å². The Morgan fingerprint density at radius 3 is 2.52 bits per heavy atom. The minimum Gasteiger partial charge on any atom is -0.375 e. The van der Waals surface area contributed by atoms with Crippen LogP contribution in [-0.2, 0) is 4.79 Å². The average molecular weight is 436 g/mol. The van der Waals surface area contributed by atoms with Crippen molar-refractivity contribution in [3.05, 3.63) is 61.5 Å². The minimum atomic E-state index is -0.298. The molecule has 0 aliphatic rings. The van der Waals surface area contributed by atoms with E-state index in [0.29, 0.717) is 20.6 Å². The number of carbonyl (C=O) groups is 1. The summed E-state index contributed by atoms with van der Waals surface area (Å²) >= 11 is 21.0. The quantitative estimate of drug-likeness (QED) is 0.515. The molecule has 0 aromatic heterocycles. The Balaban J connectivity index is 1.86. The molecule has 1 amide bonds. The molecule has 120 valence electrons. The van der Waals surface area contributed by atoms with Gasteiger partial charge < -0.3 is 5.32 Å². The number of nitrogens with one attached hydrogen (secondary N) is 2. The first-order valence-electron chi connectivity index (χ1n) is 6.41. The van der Waals surface area contributed by atoms with E-state index in [4.69, 9.17) is 34.8 Å². The van der Waals surface area contributed by atoms with Crippen molar-refractivity contribution in [1.82, 2.24) is 5.43 Å². The van der Waals surface area contributed by atoms with Crippen LogP contribution < -0.4 is 10.7 Å². The summed E-state index contributed by atoms with van der Waals surface area (Å²) in [7, 11) is 0. The van der Waals surface area contributed by atoms with Crippen molar-refractivity contribution in [3.8, 4) is 0 Å². The highest BCUT2D eigenvalue weighted by Gasteiger charge is 2.04. The fourth-order valence-corrected chi connectivity index (χ4v) is 2.91. The summed E-state index contributed by atoms with van der Waals surface area (Å²) < 4.78 is 0.772. The number of hydrogen-bond donors (Lipinski definition) is 2. The van der Waals surface area contributed by atoms with Gasteiger partial charge >= 0.3 is 0 Å². The predicted molar refractivity (Wildman–Crippen MR) is 99.8 cm³/mol. The molecule has 4 nitrogen and oxygen atoms in total. The maximum absolute atomic E-state index is 11.7. The third kappa shape index (κ3) is 5.70. The largest absolute Gasteiger partial charge is 0.375 e. The molecule has 0 aliphatic heterocycles. The lowest BCUT2D eigenvalue weighted by Gasteiger charge is -2.07. The highest BCUT2D eigenvalue weighted by Crippen LogP contribution is 2.25. The summed E-state index contributed by atoms with van der Waals surface area (Å²) in [4.78, 5) is 11.7. The summed E-state index contributed by atoms with van der Waals surface area (Å²) in [6, 6.07) is 10.2. The smallest absolute Gasteiger partial charge is 0.259 e. The van der Waals surface area contributed by atoms with E-state index in [1.54, 1.807) is 36.4 Å². The topological polar surface area (TPSA) is 53.5 Å². The van der Waals surface area contributed by atoms with Crippen LogP contribution in [0.4, 0.5) is 5.69 Å². The Labute approximate surface area is 156 Å². The Morgan fingerprint density at radius 2 is 1.83 bits per heavy atom. The molecule has 0 atom stereocenters. The lowest BCUT2D eigenvalue weighted by atomic mass is 10.2. The molecule has 0 saturated carbocycles. The maximum Gasteiger partial charge on any atom is 0.259 e. The number of halogens is 4. The van der Waals surface area contributed by atoms with Gasteiger partial charge in [-0.15, -0.1) is 0 Å². The van der Waals surface area contributed by atoms with Gasteiger partial charge in [-0.1, -0.05) is 40.9 Å². The van der Waals surface area contributed by atoms with Crippen molar-refractivity contribution < 1.29 is 4.79 Å². The highest BCUT2D eigenvalue weighted by atomic mass is 79.9. The van der Waals surface area contributed by atoms with Crippen molar-refractivity contribution in [2.75, 3.05) is 11.9 Å². The zero-order valence-electron chi connectivity index (χ0n) is 11.6. The normalized spacial score (nSPS) is 10.8. The van der Waals surface area contributed by atoms with Crippen molar-refractivity contribution in [2.24, 2.45) is 5.10 Å². The summed E-state index contributed by atoms with van der Waals surface area (Å²) in [5, 5.41) is 8.43. The van der Waals surface area contributed by atoms with E-state index < -0.39 is 0 Å². The van der Waals surface area contributed by atoms with Crippen molar-refractivity contribution in [2.45, 2.75) is 0 Å². The zero-order valence-corrected chi connectivity index (χ0v) is 15.5. The molecule has 0 spiro atoms. The molecule has 0 saturated heterocycles. The van der Waals surface area contributed by atoms with Crippen LogP contribution in [-0.4, -0.2) is 18.7 Å².